The van der Waals surface area contributed by atoms with Crippen LogP contribution >= 0.6 is 0 Å². The van der Waals surface area contributed by atoms with Crippen molar-refractivity contribution in [3.8, 4) is 11.5 Å². The SMILES string of the molecule is CNC(C(N)=O)c1ccc(OC)c(OC(F)F)c1. The molecule has 0 aromatic heterocycles. The van der Waals surface area contributed by atoms with Crippen molar-refractivity contribution >= 4 is 5.91 Å². The standard InChI is InChI=1S/C11H14F2N2O3/c1-15-9(10(14)16)6-3-4-7(17-2)8(5-6)18-11(12)13/h3-5,9,11,15H,1-2H3,(H2,14,16). The van der Waals surface area contributed by atoms with Gasteiger partial charge >= 0.3 is 6.61 Å². The molecule has 1 aromatic carbocycles. The molecule has 7 heteroatoms. The van der Waals surface area contributed by atoms with E-state index in [1.54, 1.807) is 6.07 Å². The fourth-order valence-electron chi connectivity index (χ4n) is 1.53. The van der Waals surface area contributed by atoms with Gasteiger partial charge in [0.1, 0.15) is 6.04 Å². The van der Waals surface area contributed by atoms with Crippen molar-refractivity contribution in [1.29, 1.82) is 0 Å². The van der Waals surface area contributed by atoms with Crippen LogP contribution in [0.2, 0.25) is 0 Å². The molecule has 1 rings (SSSR count). The van der Waals surface area contributed by atoms with Gasteiger partial charge in [0, 0.05) is 0 Å². The normalized spacial score (nSPS) is 12.3. The molecule has 0 aliphatic heterocycles. The van der Waals surface area contributed by atoms with Gasteiger partial charge in [0.15, 0.2) is 11.5 Å². The van der Waals surface area contributed by atoms with Crippen LogP contribution in [0.4, 0.5) is 8.78 Å². The molecule has 5 nitrogen and oxygen atoms in total. The topological polar surface area (TPSA) is 73.6 Å². The third-order valence-corrected chi connectivity index (χ3v) is 2.31. The molecule has 100 valence electrons. The second-order valence-corrected chi connectivity index (χ2v) is 3.41. The Labute approximate surface area is 103 Å². The van der Waals surface area contributed by atoms with E-state index in [-0.39, 0.29) is 11.5 Å². The lowest BCUT2D eigenvalue weighted by molar-refractivity contribution is -0.120. The molecule has 0 fully saturated rings. The summed E-state index contributed by atoms with van der Waals surface area (Å²) in [5.74, 6) is -0.615. The monoisotopic (exact) mass is 260 g/mol. The van der Waals surface area contributed by atoms with Crippen molar-refractivity contribution in [3.05, 3.63) is 23.8 Å². The van der Waals surface area contributed by atoms with E-state index < -0.39 is 18.6 Å². The first-order valence-electron chi connectivity index (χ1n) is 5.09. The van der Waals surface area contributed by atoms with Gasteiger partial charge < -0.3 is 20.5 Å². The molecular weight excluding hydrogens is 246 g/mol. The summed E-state index contributed by atoms with van der Waals surface area (Å²) in [6, 6.07) is 3.48. The van der Waals surface area contributed by atoms with Gasteiger partial charge in [-0.3, -0.25) is 4.79 Å². The minimum atomic E-state index is -2.98. The lowest BCUT2D eigenvalue weighted by Crippen LogP contribution is -2.31. The van der Waals surface area contributed by atoms with E-state index in [1.165, 1.54) is 26.3 Å². The van der Waals surface area contributed by atoms with Gasteiger partial charge in [-0.05, 0) is 24.7 Å². The van der Waals surface area contributed by atoms with Crippen LogP contribution in [0.15, 0.2) is 18.2 Å². The van der Waals surface area contributed by atoms with E-state index in [0.29, 0.717) is 5.56 Å². The quantitative estimate of drug-likeness (QED) is 0.801. The van der Waals surface area contributed by atoms with E-state index in [9.17, 15) is 13.6 Å². The highest BCUT2D eigenvalue weighted by molar-refractivity contribution is 5.81. The number of hydrogen-bond acceptors (Lipinski definition) is 4. The summed E-state index contributed by atoms with van der Waals surface area (Å²) < 4.78 is 33.6. The fraction of sp³-hybridized carbons (Fsp3) is 0.364. The van der Waals surface area contributed by atoms with Crippen LogP contribution in [0.25, 0.3) is 0 Å². The Balaban J connectivity index is 3.12. The Morgan fingerprint density at radius 3 is 2.50 bits per heavy atom. The summed E-state index contributed by atoms with van der Waals surface area (Å²) in [7, 11) is 2.87. The smallest absolute Gasteiger partial charge is 0.387 e. The molecule has 0 radical (unpaired) electrons. The minimum Gasteiger partial charge on any atom is -0.493 e. The van der Waals surface area contributed by atoms with Crippen LogP contribution in [0.3, 0.4) is 0 Å². The van der Waals surface area contributed by atoms with E-state index in [2.05, 4.69) is 10.1 Å². The van der Waals surface area contributed by atoms with Gasteiger partial charge in [0.05, 0.1) is 7.11 Å². The van der Waals surface area contributed by atoms with Gasteiger partial charge in [-0.25, -0.2) is 0 Å². The van der Waals surface area contributed by atoms with Crippen molar-refractivity contribution < 1.29 is 23.0 Å². The second-order valence-electron chi connectivity index (χ2n) is 3.41. The number of nitrogens with two attached hydrogens (primary N) is 1. The zero-order valence-corrected chi connectivity index (χ0v) is 9.94. The molecular formula is C11H14F2N2O3. The minimum absolute atomic E-state index is 0.147. The largest absolute Gasteiger partial charge is 0.493 e. The maximum atomic E-state index is 12.2. The summed E-state index contributed by atoms with van der Waals surface area (Å²) in [5.41, 5.74) is 5.60. The first-order chi connectivity index (χ1) is 8.49. The lowest BCUT2D eigenvalue weighted by Gasteiger charge is -2.16. The number of nitrogens with one attached hydrogen (secondary N) is 1. The molecule has 1 aromatic rings. The maximum absolute atomic E-state index is 12.2. The predicted molar refractivity (Wildman–Crippen MR) is 60.6 cm³/mol. The number of likely N-dealkylation sites (N-methyl/N-ethyl adjacent to an activating group) is 1. The number of ether oxygens (including phenoxy) is 2. The average Bonchev–Trinajstić information content (AvgIpc) is 2.29. The van der Waals surface area contributed by atoms with Crippen molar-refractivity contribution in [1.82, 2.24) is 5.32 Å². The first kappa shape index (κ1) is 14.2. The third kappa shape index (κ3) is 3.30. The molecule has 0 saturated carbocycles. The van der Waals surface area contributed by atoms with E-state index >= 15 is 0 Å². The zero-order chi connectivity index (χ0) is 13.7. The summed E-state index contributed by atoms with van der Waals surface area (Å²) in [4.78, 5) is 11.2. The number of methoxy groups -OCH3 is 1. The lowest BCUT2D eigenvalue weighted by atomic mass is 10.1. The molecule has 0 saturated heterocycles. The van der Waals surface area contributed by atoms with Gasteiger partial charge in [-0.2, -0.15) is 8.78 Å². The number of alkyl halides is 2. The molecule has 0 heterocycles. The van der Waals surface area contributed by atoms with Crippen molar-refractivity contribution in [3.63, 3.8) is 0 Å². The van der Waals surface area contributed by atoms with Crippen molar-refractivity contribution in [2.24, 2.45) is 5.73 Å². The number of carbonyl (C=O) groups is 1. The predicted octanol–water partition coefficient (Wildman–Crippen LogP) is 1.04. The molecule has 3 N–H and O–H groups in total. The van der Waals surface area contributed by atoms with E-state index in [1.807, 2.05) is 0 Å². The number of amides is 1. The number of rotatable bonds is 6. The maximum Gasteiger partial charge on any atom is 0.387 e. The van der Waals surface area contributed by atoms with E-state index in [4.69, 9.17) is 10.5 Å². The molecule has 0 bridgehead atoms. The Morgan fingerprint density at radius 1 is 1.39 bits per heavy atom. The summed E-state index contributed by atoms with van der Waals surface area (Å²) in [6.07, 6.45) is 0. The second kappa shape index (κ2) is 6.15. The number of primary amides is 1. The average molecular weight is 260 g/mol. The Morgan fingerprint density at radius 2 is 2.06 bits per heavy atom. The number of benzene rings is 1. The third-order valence-electron chi connectivity index (χ3n) is 2.31. The molecule has 0 aliphatic carbocycles. The Bertz CT molecular complexity index is 427. The van der Waals surface area contributed by atoms with Crippen molar-refractivity contribution in [2.45, 2.75) is 12.7 Å². The Hall–Kier alpha value is -1.89. The number of hydrogen-bond donors (Lipinski definition) is 2. The first-order valence-corrected chi connectivity index (χ1v) is 5.09. The zero-order valence-electron chi connectivity index (χ0n) is 9.94. The highest BCUT2D eigenvalue weighted by atomic mass is 19.3. The van der Waals surface area contributed by atoms with Gasteiger partial charge in [0.25, 0.3) is 0 Å². The molecule has 0 spiro atoms. The van der Waals surface area contributed by atoms with Gasteiger partial charge in [-0.15, -0.1) is 0 Å². The van der Waals surface area contributed by atoms with Gasteiger partial charge in [0.2, 0.25) is 5.91 Å². The molecule has 1 unspecified atom stereocenters. The highest BCUT2D eigenvalue weighted by Crippen LogP contribution is 2.31. The van der Waals surface area contributed by atoms with Crippen LogP contribution in [0.5, 0.6) is 11.5 Å². The molecule has 18 heavy (non-hydrogen) atoms. The Kier molecular flexibility index (Phi) is 4.85. The molecule has 1 amide bonds. The van der Waals surface area contributed by atoms with Crippen LogP contribution in [0, 0.1) is 0 Å². The van der Waals surface area contributed by atoms with E-state index in [0.717, 1.165) is 0 Å². The van der Waals surface area contributed by atoms with Crippen LogP contribution in [-0.2, 0) is 4.79 Å². The summed E-state index contributed by atoms with van der Waals surface area (Å²) in [5, 5.41) is 2.68. The van der Waals surface area contributed by atoms with Crippen LogP contribution in [0.1, 0.15) is 11.6 Å². The fourth-order valence-corrected chi connectivity index (χ4v) is 1.53. The summed E-state index contributed by atoms with van der Waals surface area (Å²) >= 11 is 0. The highest BCUT2D eigenvalue weighted by Gasteiger charge is 2.19. The number of carbonyl (C=O) groups excluding carboxylic acids is 1. The molecule has 0 aliphatic rings. The van der Waals surface area contributed by atoms with Crippen LogP contribution < -0.4 is 20.5 Å². The summed E-state index contributed by atoms with van der Waals surface area (Å²) in [6.45, 7) is -2.98. The van der Waals surface area contributed by atoms with Gasteiger partial charge in [-0.1, -0.05) is 6.07 Å². The van der Waals surface area contributed by atoms with Crippen molar-refractivity contribution in [2.75, 3.05) is 14.2 Å². The van der Waals surface area contributed by atoms with Crippen LogP contribution in [-0.4, -0.2) is 26.7 Å². The number of halogens is 2. The molecule has 1 atom stereocenters.